The zero-order valence-corrected chi connectivity index (χ0v) is 11.0. The second kappa shape index (κ2) is 4.73. The molecule has 0 spiro atoms. The first-order valence-electron chi connectivity index (χ1n) is 6.95. The first kappa shape index (κ1) is 11.7. The molecular formula is C15H21N3. The molecule has 1 saturated carbocycles. The van der Waals surface area contributed by atoms with Crippen LogP contribution in [0.15, 0.2) is 24.5 Å². The molecule has 0 aliphatic heterocycles. The van der Waals surface area contributed by atoms with Crippen LogP contribution in [0.3, 0.4) is 0 Å². The minimum atomic E-state index is 0.624. The highest BCUT2D eigenvalue weighted by Crippen LogP contribution is 2.48. The number of aromatic amines is 1. The molecule has 0 radical (unpaired) electrons. The Kier molecular flexibility index (Phi) is 3.08. The summed E-state index contributed by atoms with van der Waals surface area (Å²) in [4.78, 5) is 7.54. The van der Waals surface area contributed by atoms with Gasteiger partial charge in [0.05, 0.1) is 0 Å². The highest BCUT2D eigenvalue weighted by molar-refractivity contribution is 5.79. The number of nitrogens with one attached hydrogen (secondary N) is 2. The summed E-state index contributed by atoms with van der Waals surface area (Å²) in [6, 6.07) is 4.13. The molecule has 3 nitrogen and oxygen atoms in total. The molecule has 3 heteroatoms. The highest BCUT2D eigenvalue weighted by atomic mass is 14.9. The van der Waals surface area contributed by atoms with E-state index in [1.54, 1.807) is 0 Å². The van der Waals surface area contributed by atoms with E-state index in [1.807, 2.05) is 12.3 Å². The van der Waals surface area contributed by atoms with E-state index in [1.165, 1.54) is 36.6 Å². The van der Waals surface area contributed by atoms with Gasteiger partial charge in [-0.15, -0.1) is 0 Å². The predicted molar refractivity (Wildman–Crippen MR) is 74.4 cm³/mol. The van der Waals surface area contributed by atoms with Gasteiger partial charge in [0.15, 0.2) is 0 Å². The van der Waals surface area contributed by atoms with Crippen LogP contribution in [-0.2, 0) is 6.54 Å². The van der Waals surface area contributed by atoms with E-state index in [4.69, 9.17) is 0 Å². The van der Waals surface area contributed by atoms with Crippen LogP contribution in [0.5, 0.6) is 0 Å². The van der Waals surface area contributed by atoms with E-state index >= 15 is 0 Å². The van der Waals surface area contributed by atoms with Crippen molar-refractivity contribution in [3.63, 3.8) is 0 Å². The summed E-state index contributed by atoms with van der Waals surface area (Å²) in [7, 11) is 0. The fourth-order valence-corrected chi connectivity index (χ4v) is 2.84. The number of hydrogen-bond acceptors (Lipinski definition) is 2. The number of fused-ring (bicyclic) bond motifs is 1. The first-order valence-corrected chi connectivity index (χ1v) is 6.95. The summed E-state index contributed by atoms with van der Waals surface area (Å²) in [5.74, 6) is 0. The molecule has 96 valence electrons. The van der Waals surface area contributed by atoms with Crippen molar-refractivity contribution in [2.24, 2.45) is 5.41 Å². The summed E-state index contributed by atoms with van der Waals surface area (Å²) >= 11 is 0. The van der Waals surface area contributed by atoms with E-state index in [2.05, 4.69) is 34.5 Å². The minimum Gasteiger partial charge on any atom is -0.346 e. The first-order chi connectivity index (χ1) is 8.83. The van der Waals surface area contributed by atoms with Gasteiger partial charge in [0, 0.05) is 30.9 Å². The van der Waals surface area contributed by atoms with Crippen molar-refractivity contribution < 1.29 is 0 Å². The Bertz CT molecular complexity index is 525. The maximum absolute atomic E-state index is 4.32. The Morgan fingerprint density at radius 2 is 2.33 bits per heavy atom. The summed E-state index contributed by atoms with van der Waals surface area (Å²) in [6.45, 7) is 4.39. The molecule has 0 saturated heterocycles. The van der Waals surface area contributed by atoms with Crippen LogP contribution < -0.4 is 5.32 Å². The van der Waals surface area contributed by atoms with E-state index < -0.39 is 0 Å². The lowest BCUT2D eigenvalue weighted by atomic mass is 10.0. The number of nitrogens with zero attached hydrogens (tertiary/aromatic N) is 1. The second-order valence-corrected chi connectivity index (χ2v) is 5.57. The van der Waals surface area contributed by atoms with Crippen LogP contribution in [-0.4, -0.2) is 16.5 Å². The van der Waals surface area contributed by atoms with Crippen molar-refractivity contribution in [3.8, 4) is 0 Å². The van der Waals surface area contributed by atoms with Crippen LogP contribution in [0.1, 0.15) is 38.2 Å². The summed E-state index contributed by atoms with van der Waals surface area (Å²) in [5, 5.41) is 4.86. The number of aromatic nitrogens is 2. The molecule has 1 aliphatic rings. The SMILES string of the molecule is CCCC1(CNCc2c[nH]c3ncccc23)CC1. The maximum Gasteiger partial charge on any atom is 0.137 e. The van der Waals surface area contributed by atoms with E-state index in [0.717, 1.165) is 18.7 Å². The van der Waals surface area contributed by atoms with Crippen LogP contribution in [0.25, 0.3) is 11.0 Å². The van der Waals surface area contributed by atoms with E-state index in [9.17, 15) is 0 Å². The number of pyridine rings is 1. The molecule has 1 aliphatic carbocycles. The highest BCUT2D eigenvalue weighted by Gasteiger charge is 2.40. The molecular weight excluding hydrogens is 222 g/mol. The molecule has 2 aromatic heterocycles. The maximum atomic E-state index is 4.32. The van der Waals surface area contributed by atoms with Crippen molar-refractivity contribution >= 4 is 11.0 Å². The Balaban J connectivity index is 1.60. The van der Waals surface area contributed by atoms with Gasteiger partial charge in [0.25, 0.3) is 0 Å². The Morgan fingerprint density at radius 3 is 3.11 bits per heavy atom. The summed E-state index contributed by atoms with van der Waals surface area (Å²) in [5.41, 5.74) is 2.94. The number of rotatable bonds is 6. The summed E-state index contributed by atoms with van der Waals surface area (Å²) < 4.78 is 0. The van der Waals surface area contributed by atoms with Gasteiger partial charge in [0.2, 0.25) is 0 Å². The van der Waals surface area contributed by atoms with Crippen molar-refractivity contribution in [1.82, 2.24) is 15.3 Å². The lowest BCUT2D eigenvalue weighted by molar-refractivity contribution is 0.421. The third-order valence-corrected chi connectivity index (χ3v) is 4.09. The van der Waals surface area contributed by atoms with Crippen LogP contribution in [0.4, 0.5) is 0 Å². The lowest BCUT2D eigenvalue weighted by Gasteiger charge is -2.14. The molecule has 2 N–H and O–H groups in total. The van der Waals surface area contributed by atoms with Gasteiger partial charge in [-0.05, 0) is 42.4 Å². The van der Waals surface area contributed by atoms with Crippen molar-refractivity contribution in [3.05, 3.63) is 30.1 Å². The molecule has 0 aromatic carbocycles. The molecule has 0 bridgehead atoms. The third kappa shape index (κ3) is 2.27. The van der Waals surface area contributed by atoms with Crippen molar-refractivity contribution in [2.45, 2.75) is 39.2 Å². The largest absolute Gasteiger partial charge is 0.346 e. The molecule has 0 atom stereocenters. The molecule has 2 heterocycles. The molecule has 18 heavy (non-hydrogen) atoms. The minimum absolute atomic E-state index is 0.624. The zero-order valence-electron chi connectivity index (χ0n) is 11.0. The summed E-state index contributed by atoms with van der Waals surface area (Å²) in [6.07, 6.45) is 9.39. The standard InChI is InChI=1S/C15H21N3/c1-2-5-15(6-7-15)11-16-9-12-10-18-14-13(12)4-3-8-17-14/h3-4,8,10,16H,2,5-7,9,11H2,1H3,(H,17,18). The smallest absolute Gasteiger partial charge is 0.137 e. The average molecular weight is 243 g/mol. The van der Waals surface area contributed by atoms with Gasteiger partial charge in [-0.1, -0.05) is 13.3 Å². The van der Waals surface area contributed by atoms with Gasteiger partial charge in [-0.25, -0.2) is 4.98 Å². The van der Waals surface area contributed by atoms with Crippen molar-refractivity contribution in [2.75, 3.05) is 6.54 Å². The van der Waals surface area contributed by atoms with Gasteiger partial charge in [-0.3, -0.25) is 0 Å². The molecule has 0 amide bonds. The average Bonchev–Trinajstić information content (AvgIpc) is 3.02. The molecule has 1 fully saturated rings. The van der Waals surface area contributed by atoms with Gasteiger partial charge in [0.1, 0.15) is 5.65 Å². The second-order valence-electron chi connectivity index (χ2n) is 5.57. The Labute approximate surface area is 108 Å². The molecule has 0 unspecified atom stereocenters. The lowest BCUT2D eigenvalue weighted by Crippen LogP contribution is -2.23. The number of H-pyrrole nitrogens is 1. The van der Waals surface area contributed by atoms with Crippen molar-refractivity contribution in [1.29, 1.82) is 0 Å². The van der Waals surface area contributed by atoms with Gasteiger partial charge < -0.3 is 10.3 Å². The molecule has 2 aromatic rings. The van der Waals surface area contributed by atoms with E-state index in [0.29, 0.717) is 5.41 Å². The Morgan fingerprint density at radius 1 is 1.44 bits per heavy atom. The third-order valence-electron chi connectivity index (χ3n) is 4.09. The van der Waals surface area contributed by atoms with Gasteiger partial charge >= 0.3 is 0 Å². The monoisotopic (exact) mass is 243 g/mol. The van der Waals surface area contributed by atoms with E-state index in [-0.39, 0.29) is 0 Å². The topological polar surface area (TPSA) is 40.7 Å². The number of hydrogen-bond donors (Lipinski definition) is 2. The fourth-order valence-electron chi connectivity index (χ4n) is 2.84. The fraction of sp³-hybridized carbons (Fsp3) is 0.533. The van der Waals surface area contributed by atoms with Crippen LogP contribution in [0.2, 0.25) is 0 Å². The predicted octanol–water partition coefficient (Wildman–Crippen LogP) is 3.23. The quantitative estimate of drug-likeness (QED) is 0.817. The normalized spacial score (nSPS) is 17.2. The van der Waals surface area contributed by atoms with Crippen LogP contribution >= 0.6 is 0 Å². The molecule has 3 rings (SSSR count). The van der Waals surface area contributed by atoms with Crippen LogP contribution in [0, 0.1) is 5.41 Å². The zero-order chi connectivity index (χ0) is 12.4. The Hall–Kier alpha value is -1.35. The van der Waals surface area contributed by atoms with Gasteiger partial charge in [-0.2, -0.15) is 0 Å².